The number of aromatic nitrogens is 2. The Labute approximate surface area is 110 Å². The van der Waals surface area contributed by atoms with E-state index in [1.165, 1.54) is 28.4 Å². The van der Waals surface area contributed by atoms with Crippen LogP contribution in [0.15, 0.2) is 42.1 Å². The van der Waals surface area contributed by atoms with Crippen molar-refractivity contribution < 1.29 is 18.0 Å². The summed E-state index contributed by atoms with van der Waals surface area (Å²) in [5.41, 5.74) is -0.517. The second-order valence-corrected chi connectivity index (χ2v) is 4.18. The third-order valence-corrected chi connectivity index (χ3v) is 2.87. The van der Waals surface area contributed by atoms with Gasteiger partial charge in [-0.25, -0.2) is 4.98 Å². The molecule has 0 fully saturated rings. The molecule has 6 nitrogen and oxygen atoms in total. The third kappa shape index (κ3) is 2.06. The number of benzene rings is 1. The van der Waals surface area contributed by atoms with Crippen LogP contribution >= 0.6 is 0 Å². The lowest BCUT2D eigenvalue weighted by Gasteiger charge is -2.21. The molecule has 0 amide bonds. The van der Waals surface area contributed by atoms with E-state index in [0.29, 0.717) is 5.56 Å². The van der Waals surface area contributed by atoms with Gasteiger partial charge in [0.2, 0.25) is 0 Å². The van der Waals surface area contributed by atoms with Crippen molar-refractivity contribution in [2.24, 2.45) is 5.22 Å². The minimum atomic E-state index is -4.49. The lowest BCUT2D eigenvalue weighted by atomic mass is 10.1. The summed E-state index contributed by atoms with van der Waals surface area (Å²) in [5, 5.41) is 16.7. The number of halogens is 3. The summed E-state index contributed by atoms with van der Waals surface area (Å²) in [5.74, 6) is 0. The molecule has 2 heterocycles. The maximum atomic E-state index is 12.6. The molecule has 20 heavy (non-hydrogen) atoms. The SMILES string of the molecule is [O-][N+]1=NN(n2ccnc2)Cc2ccc(C(F)(F)F)cc21. The zero-order chi connectivity index (χ0) is 14.3. The highest BCUT2D eigenvalue weighted by molar-refractivity contribution is 5.45. The predicted molar refractivity (Wildman–Crippen MR) is 61.3 cm³/mol. The van der Waals surface area contributed by atoms with Crippen molar-refractivity contribution in [1.82, 2.24) is 9.66 Å². The topological polar surface area (TPSA) is 59.5 Å². The molecule has 2 aromatic rings. The van der Waals surface area contributed by atoms with E-state index in [1.807, 2.05) is 0 Å². The van der Waals surface area contributed by atoms with Gasteiger partial charge in [0.25, 0.3) is 0 Å². The summed E-state index contributed by atoms with van der Waals surface area (Å²) in [4.78, 5) is 3.99. The van der Waals surface area contributed by atoms with E-state index in [9.17, 15) is 18.4 Å². The summed E-state index contributed by atoms with van der Waals surface area (Å²) >= 11 is 0. The van der Waals surface area contributed by atoms with Crippen LogP contribution in [0.2, 0.25) is 0 Å². The van der Waals surface area contributed by atoms with Crippen molar-refractivity contribution in [2.75, 3.05) is 5.12 Å². The van der Waals surface area contributed by atoms with Crippen molar-refractivity contribution in [3.05, 3.63) is 53.3 Å². The highest BCUT2D eigenvalue weighted by Gasteiger charge is 2.33. The molecule has 0 saturated carbocycles. The molecule has 0 atom stereocenters. The van der Waals surface area contributed by atoms with E-state index >= 15 is 0 Å². The fourth-order valence-corrected chi connectivity index (χ4v) is 1.89. The standard InChI is InChI=1S/C11H8F3N5O/c12-11(13,14)9-2-1-8-6-18(17-4-3-15-7-17)16-19(20)10(8)5-9/h1-5,7H,6H2. The van der Waals surface area contributed by atoms with Gasteiger partial charge < -0.3 is 5.21 Å². The summed E-state index contributed by atoms with van der Waals surface area (Å²) < 4.78 is 39.3. The fraction of sp³-hybridized carbons (Fsp3) is 0.182. The summed E-state index contributed by atoms with van der Waals surface area (Å²) in [6, 6.07) is 3.03. The number of imidazole rings is 1. The first kappa shape index (κ1) is 12.5. The molecule has 1 aliphatic rings. The molecule has 0 aliphatic carbocycles. The number of rotatable bonds is 1. The minimum absolute atomic E-state index is 0.101. The van der Waals surface area contributed by atoms with Crippen LogP contribution in [0, 0.1) is 5.21 Å². The van der Waals surface area contributed by atoms with Gasteiger partial charge in [0.15, 0.2) is 12.2 Å². The van der Waals surface area contributed by atoms with Gasteiger partial charge >= 0.3 is 6.18 Å². The zero-order valence-corrected chi connectivity index (χ0v) is 9.95. The molecule has 0 N–H and O–H groups in total. The largest absolute Gasteiger partial charge is 0.691 e. The lowest BCUT2D eigenvalue weighted by molar-refractivity contribution is -0.450. The molecule has 1 aromatic heterocycles. The molecule has 0 unspecified atom stereocenters. The van der Waals surface area contributed by atoms with E-state index < -0.39 is 11.7 Å². The summed E-state index contributed by atoms with van der Waals surface area (Å²) in [6.07, 6.45) is 0.0309. The van der Waals surface area contributed by atoms with E-state index in [2.05, 4.69) is 10.2 Å². The molecule has 0 radical (unpaired) electrons. The lowest BCUT2D eigenvalue weighted by Crippen LogP contribution is -2.32. The first-order valence-electron chi connectivity index (χ1n) is 5.60. The van der Waals surface area contributed by atoms with Gasteiger partial charge in [0.05, 0.1) is 11.8 Å². The van der Waals surface area contributed by atoms with Gasteiger partial charge in [0.1, 0.15) is 11.6 Å². The Morgan fingerprint density at radius 3 is 2.75 bits per heavy atom. The van der Waals surface area contributed by atoms with Gasteiger partial charge in [0, 0.05) is 17.8 Å². The number of hydrogen-bond acceptors (Lipinski definition) is 4. The normalized spacial score (nSPS) is 14.9. The number of nitrogens with zero attached hydrogens (tertiary/aromatic N) is 5. The van der Waals surface area contributed by atoms with Gasteiger partial charge in [-0.05, 0) is 12.1 Å². The second-order valence-electron chi connectivity index (χ2n) is 4.18. The highest BCUT2D eigenvalue weighted by Crippen LogP contribution is 2.34. The molecule has 1 aliphatic heterocycles. The Morgan fingerprint density at radius 2 is 2.10 bits per heavy atom. The van der Waals surface area contributed by atoms with Crippen LogP contribution in [-0.2, 0) is 12.7 Å². The number of alkyl halides is 3. The van der Waals surface area contributed by atoms with Crippen LogP contribution in [-0.4, -0.2) is 14.5 Å². The molecule has 104 valence electrons. The van der Waals surface area contributed by atoms with Crippen LogP contribution < -0.4 is 5.12 Å². The van der Waals surface area contributed by atoms with Crippen molar-refractivity contribution in [2.45, 2.75) is 12.7 Å². The van der Waals surface area contributed by atoms with Crippen LogP contribution in [0.5, 0.6) is 0 Å². The van der Waals surface area contributed by atoms with E-state index in [-0.39, 0.29) is 17.1 Å². The van der Waals surface area contributed by atoms with Crippen LogP contribution in [0.4, 0.5) is 18.9 Å². The maximum absolute atomic E-state index is 12.6. The Balaban J connectivity index is 2.00. The van der Waals surface area contributed by atoms with E-state index in [0.717, 1.165) is 12.1 Å². The Morgan fingerprint density at radius 1 is 1.30 bits per heavy atom. The highest BCUT2D eigenvalue weighted by atomic mass is 19.4. The van der Waals surface area contributed by atoms with Crippen molar-refractivity contribution in [3.8, 4) is 0 Å². The van der Waals surface area contributed by atoms with Crippen molar-refractivity contribution in [3.63, 3.8) is 0 Å². The molecular weight excluding hydrogens is 275 g/mol. The van der Waals surface area contributed by atoms with Crippen molar-refractivity contribution in [1.29, 1.82) is 0 Å². The average molecular weight is 283 g/mol. The first-order valence-corrected chi connectivity index (χ1v) is 5.60. The molecule has 0 saturated heterocycles. The molecule has 3 rings (SSSR count). The number of hydrogen-bond donors (Lipinski definition) is 0. The summed E-state index contributed by atoms with van der Waals surface area (Å²) in [6.45, 7) is 0.183. The molecule has 0 bridgehead atoms. The minimum Gasteiger partial charge on any atom is -0.691 e. The average Bonchev–Trinajstić information content (AvgIpc) is 2.91. The summed E-state index contributed by atoms with van der Waals surface area (Å²) in [7, 11) is 0. The van der Waals surface area contributed by atoms with Gasteiger partial charge in [-0.1, -0.05) is 5.12 Å². The van der Waals surface area contributed by atoms with E-state index in [1.54, 1.807) is 6.20 Å². The molecule has 1 aromatic carbocycles. The maximum Gasteiger partial charge on any atom is 0.416 e. The quantitative estimate of drug-likeness (QED) is 0.597. The molecule has 9 heteroatoms. The second kappa shape index (κ2) is 4.22. The predicted octanol–water partition coefficient (Wildman–Crippen LogP) is 2.56. The van der Waals surface area contributed by atoms with Gasteiger partial charge in [-0.3, -0.25) is 0 Å². The third-order valence-electron chi connectivity index (χ3n) is 2.87. The number of fused-ring (bicyclic) bond motifs is 1. The fourth-order valence-electron chi connectivity index (χ4n) is 1.89. The Bertz CT molecular complexity index is 665. The monoisotopic (exact) mass is 283 g/mol. The zero-order valence-electron chi connectivity index (χ0n) is 9.95. The molecular formula is C11H8F3N5O. The van der Waals surface area contributed by atoms with Crippen LogP contribution in [0.1, 0.15) is 11.1 Å². The molecule has 0 spiro atoms. The van der Waals surface area contributed by atoms with E-state index in [4.69, 9.17) is 0 Å². The van der Waals surface area contributed by atoms with Crippen molar-refractivity contribution >= 4 is 5.69 Å². The first-order chi connectivity index (χ1) is 9.45. The Hall–Kier alpha value is -2.58. The van der Waals surface area contributed by atoms with Crippen LogP contribution in [0.3, 0.4) is 0 Å². The van der Waals surface area contributed by atoms with Gasteiger partial charge in [-0.15, -0.1) is 4.86 Å². The smallest absolute Gasteiger partial charge is 0.416 e. The van der Waals surface area contributed by atoms with Gasteiger partial charge in [-0.2, -0.15) is 17.8 Å². The van der Waals surface area contributed by atoms with Crippen LogP contribution in [0.25, 0.3) is 0 Å². The Kier molecular flexibility index (Phi) is 2.63.